The largest absolute Gasteiger partial charge is 0.338 e. The molecule has 0 radical (unpaired) electrons. The maximum absolute atomic E-state index is 11.3. The Morgan fingerprint density at radius 1 is 1.47 bits per heavy atom. The van der Waals surface area contributed by atoms with Crippen LogP contribution >= 0.6 is 24.2 Å². The van der Waals surface area contributed by atoms with Crippen LogP contribution in [0.4, 0.5) is 9.80 Å². The molecule has 2 N–H and O–H groups in total. The highest BCUT2D eigenvalue weighted by Gasteiger charge is 2.01. The third kappa shape index (κ3) is 5.58. The summed E-state index contributed by atoms with van der Waals surface area (Å²) in [5, 5.41) is 9.67. The number of aromatic nitrogens is 2. The number of urea groups is 1. The minimum Gasteiger partial charge on any atom is -0.338 e. The first-order valence-corrected chi connectivity index (χ1v) is 6.16. The number of carbonyl (C=O) groups is 1. The molecule has 0 bridgehead atoms. The van der Waals surface area contributed by atoms with Gasteiger partial charge in [-0.25, -0.2) is 4.79 Å². The Morgan fingerprint density at radius 3 is 3.00 bits per heavy atom. The van der Waals surface area contributed by atoms with Gasteiger partial charge in [-0.2, -0.15) is 12.6 Å². The first-order valence-electron chi connectivity index (χ1n) is 4.76. The van der Waals surface area contributed by atoms with Crippen molar-refractivity contribution in [2.45, 2.75) is 19.3 Å². The number of anilines is 1. The van der Waals surface area contributed by atoms with Crippen molar-refractivity contribution in [3.63, 3.8) is 0 Å². The minimum absolute atomic E-state index is 0.202. The fourth-order valence-corrected chi connectivity index (χ4v) is 1.63. The molecule has 0 aliphatic heterocycles. The van der Waals surface area contributed by atoms with E-state index in [-0.39, 0.29) is 6.03 Å². The van der Waals surface area contributed by atoms with E-state index in [1.165, 1.54) is 6.20 Å². The number of amides is 2. The average Bonchev–Trinajstić information content (AvgIpc) is 2.70. The highest BCUT2D eigenvalue weighted by Crippen LogP contribution is 2.08. The molecule has 0 aromatic carbocycles. The molecule has 0 spiro atoms. The van der Waals surface area contributed by atoms with Crippen molar-refractivity contribution in [1.29, 1.82) is 0 Å². The van der Waals surface area contributed by atoms with E-state index in [0.717, 1.165) is 36.5 Å². The summed E-state index contributed by atoms with van der Waals surface area (Å²) in [6.07, 6.45) is 4.68. The van der Waals surface area contributed by atoms with Crippen LogP contribution in [-0.2, 0) is 0 Å². The number of hydrogen-bond acceptors (Lipinski definition) is 5. The second-order valence-electron chi connectivity index (χ2n) is 2.95. The van der Waals surface area contributed by atoms with Gasteiger partial charge in [-0.3, -0.25) is 5.32 Å². The van der Waals surface area contributed by atoms with Gasteiger partial charge in [0.15, 0.2) is 0 Å². The lowest BCUT2D eigenvalue weighted by atomic mass is 10.2. The highest BCUT2D eigenvalue weighted by molar-refractivity contribution is 7.80. The molecule has 5 nitrogen and oxygen atoms in total. The Morgan fingerprint density at radius 2 is 2.33 bits per heavy atom. The van der Waals surface area contributed by atoms with Gasteiger partial charge in [-0.05, 0) is 18.6 Å². The van der Waals surface area contributed by atoms with Crippen LogP contribution in [0.15, 0.2) is 6.20 Å². The number of unbranched alkanes of at least 4 members (excludes halogenated alkanes) is 2. The lowest BCUT2D eigenvalue weighted by molar-refractivity contribution is 0.252. The van der Waals surface area contributed by atoms with E-state index < -0.39 is 0 Å². The molecular weight excluding hydrogens is 232 g/mol. The van der Waals surface area contributed by atoms with Crippen molar-refractivity contribution in [3.05, 3.63) is 6.20 Å². The smallest absolute Gasteiger partial charge is 0.319 e. The van der Waals surface area contributed by atoms with Crippen LogP contribution in [0.5, 0.6) is 0 Å². The van der Waals surface area contributed by atoms with Gasteiger partial charge in [0, 0.05) is 18.1 Å². The molecule has 0 fully saturated rings. The minimum atomic E-state index is -0.202. The number of hydrogen-bond donors (Lipinski definition) is 3. The lowest BCUT2D eigenvalue weighted by Gasteiger charge is -2.04. The molecule has 0 saturated heterocycles. The van der Waals surface area contributed by atoms with Gasteiger partial charge in [0.2, 0.25) is 0 Å². The molecule has 84 valence electrons. The summed E-state index contributed by atoms with van der Waals surface area (Å²) in [6.45, 7) is 0.686. The molecule has 1 rings (SSSR count). The number of nitrogens with one attached hydrogen (secondary N) is 2. The standard InChI is InChI=1S/C8H14N4OS2/c13-8(9-4-2-1-3-5-14)11-7-6-10-12-15-7/h6,14H,1-5H2,(H2,9,11,13). The Bertz CT molecular complexity index is 278. The third-order valence-corrected chi connectivity index (χ3v) is 2.61. The maximum Gasteiger partial charge on any atom is 0.319 e. The van der Waals surface area contributed by atoms with E-state index in [2.05, 4.69) is 32.8 Å². The van der Waals surface area contributed by atoms with Gasteiger partial charge in [-0.1, -0.05) is 10.9 Å². The molecule has 0 aliphatic rings. The van der Waals surface area contributed by atoms with Crippen LogP contribution in [0.1, 0.15) is 19.3 Å². The molecule has 2 amide bonds. The van der Waals surface area contributed by atoms with Crippen LogP contribution in [0.25, 0.3) is 0 Å². The van der Waals surface area contributed by atoms with Gasteiger partial charge in [-0.15, -0.1) is 5.10 Å². The van der Waals surface area contributed by atoms with Crippen molar-refractivity contribution in [1.82, 2.24) is 14.9 Å². The van der Waals surface area contributed by atoms with E-state index in [1.807, 2.05) is 0 Å². The Balaban J connectivity index is 2.04. The molecule has 7 heteroatoms. The quantitative estimate of drug-likeness (QED) is 0.529. The van der Waals surface area contributed by atoms with E-state index in [1.54, 1.807) is 0 Å². The first kappa shape index (κ1) is 12.3. The number of rotatable bonds is 6. The molecule has 0 aliphatic carbocycles. The summed E-state index contributed by atoms with van der Waals surface area (Å²) in [6, 6.07) is -0.202. The maximum atomic E-state index is 11.3. The number of carbonyl (C=O) groups excluding carboxylic acids is 1. The molecule has 0 saturated carbocycles. The van der Waals surface area contributed by atoms with E-state index >= 15 is 0 Å². The van der Waals surface area contributed by atoms with Gasteiger partial charge in [0.25, 0.3) is 0 Å². The van der Waals surface area contributed by atoms with Crippen molar-refractivity contribution in [2.24, 2.45) is 0 Å². The fraction of sp³-hybridized carbons (Fsp3) is 0.625. The predicted molar refractivity (Wildman–Crippen MR) is 64.6 cm³/mol. The van der Waals surface area contributed by atoms with E-state index in [4.69, 9.17) is 0 Å². The number of thiol groups is 1. The Hall–Kier alpha value is -0.820. The third-order valence-electron chi connectivity index (χ3n) is 1.72. The van der Waals surface area contributed by atoms with Crippen LogP contribution in [0.3, 0.4) is 0 Å². The topological polar surface area (TPSA) is 66.9 Å². The molecule has 15 heavy (non-hydrogen) atoms. The highest BCUT2D eigenvalue weighted by atomic mass is 32.1. The second-order valence-corrected chi connectivity index (χ2v) is 4.18. The Kier molecular flexibility index (Phi) is 6.10. The molecular formula is C8H14N4OS2. The van der Waals surface area contributed by atoms with E-state index in [0.29, 0.717) is 11.5 Å². The summed E-state index contributed by atoms with van der Waals surface area (Å²) in [7, 11) is 0. The molecule has 0 unspecified atom stereocenters. The van der Waals surface area contributed by atoms with Crippen LogP contribution < -0.4 is 10.6 Å². The molecule has 1 heterocycles. The monoisotopic (exact) mass is 246 g/mol. The van der Waals surface area contributed by atoms with Gasteiger partial charge < -0.3 is 5.32 Å². The van der Waals surface area contributed by atoms with Crippen molar-refractivity contribution in [3.8, 4) is 0 Å². The molecule has 1 aromatic heterocycles. The molecule has 0 atom stereocenters. The van der Waals surface area contributed by atoms with Crippen molar-refractivity contribution < 1.29 is 4.79 Å². The summed E-state index contributed by atoms with van der Waals surface area (Å²) in [5.74, 6) is 0.902. The number of nitrogens with zero attached hydrogens (tertiary/aromatic N) is 2. The summed E-state index contributed by atoms with van der Waals surface area (Å²) in [4.78, 5) is 11.3. The zero-order chi connectivity index (χ0) is 10.9. The summed E-state index contributed by atoms with van der Waals surface area (Å²) in [5.41, 5.74) is 0. The van der Waals surface area contributed by atoms with Gasteiger partial charge in [0.05, 0.1) is 6.20 Å². The van der Waals surface area contributed by atoms with Gasteiger partial charge in [0.1, 0.15) is 5.00 Å². The summed E-state index contributed by atoms with van der Waals surface area (Å²) < 4.78 is 3.64. The normalized spacial score (nSPS) is 9.93. The second kappa shape index (κ2) is 7.47. The van der Waals surface area contributed by atoms with Crippen LogP contribution in [-0.4, -0.2) is 27.9 Å². The molecule has 1 aromatic rings. The lowest BCUT2D eigenvalue weighted by Crippen LogP contribution is -2.29. The zero-order valence-electron chi connectivity index (χ0n) is 8.27. The SMILES string of the molecule is O=C(NCCCCCS)Nc1cnns1. The Labute approximate surface area is 98.2 Å². The first-order chi connectivity index (χ1) is 7.33. The average molecular weight is 246 g/mol. The van der Waals surface area contributed by atoms with E-state index in [9.17, 15) is 4.79 Å². The van der Waals surface area contributed by atoms with Crippen LogP contribution in [0.2, 0.25) is 0 Å². The summed E-state index contributed by atoms with van der Waals surface area (Å²) >= 11 is 5.27. The zero-order valence-corrected chi connectivity index (χ0v) is 9.98. The van der Waals surface area contributed by atoms with Crippen LogP contribution in [0, 0.1) is 0 Å². The van der Waals surface area contributed by atoms with Gasteiger partial charge >= 0.3 is 6.03 Å². The predicted octanol–water partition coefficient (Wildman–Crippen LogP) is 1.76. The van der Waals surface area contributed by atoms with Crippen molar-refractivity contribution >= 4 is 35.2 Å². The fourth-order valence-electron chi connectivity index (χ4n) is 0.994. The van der Waals surface area contributed by atoms with Crippen molar-refractivity contribution in [2.75, 3.05) is 17.6 Å².